The lowest BCUT2D eigenvalue weighted by Gasteiger charge is -2.20. The third-order valence-electron chi connectivity index (χ3n) is 12.0. The summed E-state index contributed by atoms with van der Waals surface area (Å²) >= 11 is 0. The molecule has 0 aliphatic heterocycles. The number of hydrogen-bond donors (Lipinski definition) is 0. The fraction of sp³-hybridized carbons (Fsp3) is 0. The second-order valence-electron chi connectivity index (χ2n) is 15.2. The smallest absolute Gasteiger partial charge is 0.135 e. The van der Waals surface area contributed by atoms with Crippen LogP contribution >= 0.6 is 0 Å². The summed E-state index contributed by atoms with van der Waals surface area (Å²) in [6.07, 6.45) is 0. The van der Waals surface area contributed by atoms with Crippen LogP contribution in [0.15, 0.2) is 217 Å². The molecular weight excluding hydrogens is 703 g/mol. The van der Waals surface area contributed by atoms with Crippen LogP contribution < -0.4 is 0 Å². The molecule has 2 heterocycles. The number of fused-ring (bicyclic) bond motifs is 8. The fourth-order valence-corrected chi connectivity index (χ4v) is 9.41. The molecule has 0 radical (unpaired) electrons. The van der Waals surface area contributed by atoms with Gasteiger partial charge in [-0.2, -0.15) is 0 Å². The molecule has 0 amide bonds. The molecule has 0 N–H and O–H groups in total. The van der Waals surface area contributed by atoms with Crippen molar-refractivity contribution in [3.05, 3.63) is 212 Å². The van der Waals surface area contributed by atoms with E-state index < -0.39 is 0 Å². The fourth-order valence-electron chi connectivity index (χ4n) is 9.41. The minimum atomic E-state index is 0.914. The molecule has 0 fully saturated rings. The average Bonchev–Trinajstić information content (AvgIpc) is 3.83. The Morgan fingerprint density at radius 2 is 0.793 bits per heavy atom. The first-order chi connectivity index (χ1) is 28.8. The van der Waals surface area contributed by atoms with E-state index in [1.165, 1.54) is 87.9 Å². The van der Waals surface area contributed by atoms with Crippen LogP contribution in [0.25, 0.3) is 115 Å². The predicted molar refractivity (Wildman–Crippen MR) is 245 cm³/mol. The van der Waals surface area contributed by atoms with E-state index >= 15 is 0 Å². The van der Waals surface area contributed by atoms with Gasteiger partial charge in [0.15, 0.2) is 0 Å². The first kappa shape index (κ1) is 32.6. The lowest BCUT2D eigenvalue weighted by Crippen LogP contribution is -1.94. The van der Waals surface area contributed by atoms with Gasteiger partial charge in [0.25, 0.3) is 0 Å². The van der Waals surface area contributed by atoms with Crippen LogP contribution in [0.1, 0.15) is 0 Å². The van der Waals surface area contributed by atoms with Gasteiger partial charge in [0, 0.05) is 27.2 Å². The van der Waals surface area contributed by atoms with Crippen LogP contribution in [0.5, 0.6) is 0 Å². The number of aromatic nitrogens is 1. The van der Waals surface area contributed by atoms with E-state index in [0.717, 1.165) is 27.6 Å². The zero-order valence-corrected chi connectivity index (χ0v) is 31.6. The van der Waals surface area contributed by atoms with Crippen molar-refractivity contribution in [2.45, 2.75) is 0 Å². The Kier molecular flexibility index (Phi) is 7.26. The van der Waals surface area contributed by atoms with Crippen molar-refractivity contribution in [2.75, 3.05) is 0 Å². The molecule has 2 heteroatoms. The summed E-state index contributed by atoms with van der Waals surface area (Å²) in [6, 6.07) is 77.1. The van der Waals surface area contributed by atoms with E-state index in [0.29, 0.717) is 0 Å². The number of nitrogens with zero attached hydrogens (tertiary/aromatic N) is 1. The summed E-state index contributed by atoms with van der Waals surface area (Å²) in [6.45, 7) is 0. The Hall–Kier alpha value is -7.68. The number of rotatable bonds is 5. The van der Waals surface area contributed by atoms with Crippen LogP contribution in [-0.2, 0) is 0 Å². The monoisotopic (exact) mass is 737 g/mol. The van der Waals surface area contributed by atoms with Crippen molar-refractivity contribution in [3.8, 4) is 50.2 Å². The molecule has 0 bridgehead atoms. The Morgan fingerprint density at radius 1 is 0.276 bits per heavy atom. The molecule has 0 aliphatic carbocycles. The highest BCUT2D eigenvalue weighted by Crippen LogP contribution is 2.47. The molecule has 0 saturated heterocycles. The Balaban J connectivity index is 1.03. The Labute approximate surface area is 335 Å². The summed E-state index contributed by atoms with van der Waals surface area (Å²) in [5.74, 6) is 0. The van der Waals surface area contributed by atoms with E-state index in [2.05, 4.69) is 205 Å². The zero-order chi connectivity index (χ0) is 38.2. The third-order valence-corrected chi connectivity index (χ3v) is 12.0. The standard InChI is InChI=1S/C56H35NO/c1-2-14-40(15-3-1)57-51-24-12-10-17-42(51)43-32-30-39(35-52(43)57)41-16-4-5-19-45(41)56-48-22-8-6-20-46(48)55(47-21-7-9-23-49(47)56)37-28-26-36(27-29-37)38-31-33-54-50(34-38)44-18-11-13-25-53(44)58-54/h1-35H. The van der Waals surface area contributed by atoms with Crippen LogP contribution in [0.4, 0.5) is 0 Å². The molecule has 0 unspecified atom stereocenters. The minimum Gasteiger partial charge on any atom is -0.456 e. The molecule has 270 valence electrons. The summed E-state index contributed by atoms with van der Waals surface area (Å²) in [5, 5.41) is 9.76. The van der Waals surface area contributed by atoms with E-state index in [9.17, 15) is 0 Å². The quantitative estimate of drug-likeness (QED) is 0.161. The summed E-state index contributed by atoms with van der Waals surface area (Å²) in [5.41, 5.74) is 15.1. The van der Waals surface area contributed by atoms with Crippen LogP contribution in [0.3, 0.4) is 0 Å². The lowest BCUT2D eigenvalue weighted by molar-refractivity contribution is 0.669. The molecular formula is C56H35NO. The van der Waals surface area contributed by atoms with Crippen LogP contribution in [-0.4, -0.2) is 4.57 Å². The van der Waals surface area contributed by atoms with E-state index in [4.69, 9.17) is 4.42 Å². The van der Waals surface area contributed by atoms with Crippen molar-refractivity contribution in [1.82, 2.24) is 4.57 Å². The van der Waals surface area contributed by atoms with E-state index in [1.54, 1.807) is 0 Å². The van der Waals surface area contributed by atoms with Gasteiger partial charge >= 0.3 is 0 Å². The minimum absolute atomic E-state index is 0.914. The summed E-state index contributed by atoms with van der Waals surface area (Å²) < 4.78 is 8.53. The van der Waals surface area contributed by atoms with Gasteiger partial charge in [-0.15, -0.1) is 0 Å². The molecule has 0 aliphatic rings. The van der Waals surface area contributed by atoms with Gasteiger partial charge in [-0.25, -0.2) is 0 Å². The molecule has 12 rings (SSSR count). The maximum absolute atomic E-state index is 6.12. The summed E-state index contributed by atoms with van der Waals surface area (Å²) in [4.78, 5) is 0. The predicted octanol–water partition coefficient (Wildman–Crippen LogP) is 15.7. The van der Waals surface area contributed by atoms with Crippen molar-refractivity contribution in [2.24, 2.45) is 0 Å². The SMILES string of the molecule is c1ccc(-n2c3ccccc3c3ccc(-c4ccccc4-c4c5ccccc5c(-c5ccc(-c6ccc7oc8ccccc8c7c6)cc5)c5ccccc45)cc32)cc1. The number of hydrogen-bond acceptors (Lipinski definition) is 1. The number of para-hydroxylation sites is 3. The maximum Gasteiger partial charge on any atom is 0.135 e. The maximum atomic E-state index is 6.12. The van der Waals surface area contributed by atoms with Gasteiger partial charge in [-0.05, 0) is 109 Å². The highest BCUT2D eigenvalue weighted by molar-refractivity contribution is 6.22. The zero-order valence-electron chi connectivity index (χ0n) is 31.6. The van der Waals surface area contributed by atoms with Crippen molar-refractivity contribution >= 4 is 65.3 Å². The normalized spacial score (nSPS) is 11.8. The largest absolute Gasteiger partial charge is 0.456 e. The van der Waals surface area contributed by atoms with E-state index in [1.807, 2.05) is 12.1 Å². The first-order valence-electron chi connectivity index (χ1n) is 19.9. The third kappa shape index (κ3) is 4.99. The highest BCUT2D eigenvalue weighted by atomic mass is 16.3. The molecule has 2 nitrogen and oxygen atoms in total. The van der Waals surface area contributed by atoms with Gasteiger partial charge in [0.1, 0.15) is 11.2 Å². The van der Waals surface area contributed by atoms with Crippen LogP contribution in [0, 0.1) is 0 Å². The topological polar surface area (TPSA) is 18.1 Å². The van der Waals surface area contributed by atoms with Crippen molar-refractivity contribution < 1.29 is 4.42 Å². The molecule has 0 spiro atoms. The van der Waals surface area contributed by atoms with Crippen molar-refractivity contribution in [1.29, 1.82) is 0 Å². The molecule has 10 aromatic carbocycles. The average molecular weight is 738 g/mol. The van der Waals surface area contributed by atoms with Gasteiger partial charge in [-0.3, -0.25) is 0 Å². The van der Waals surface area contributed by atoms with Crippen LogP contribution in [0.2, 0.25) is 0 Å². The lowest BCUT2D eigenvalue weighted by atomic mass is 9.83. The second-order valence-corrected chi connectivity index (χ2v) is 15.2. The molecule has 0 saturated carbocycles. The van der Waals surface area contributed by atoms with Gasteiger partial charge in [0.2, 0.25) is 0 Å². The summed E-state index contributed by atoms with van der Waals surface area (Å²) in [7, 11) is 0. The van der Waals surface area contributed by atoms with Crippen molar-refractivity contribution in [3.63, 3.8) is 0 Å². The number of furan rings is 1. The highest BCUT2D eigenvalue weighted by Gasteiger charge is 2.20. The number of benzene rings is 10. The Morgan fingerprint density at radius 3 is 1.53 bits per heavy atom. The molecule has 2 aromatic heterocycles. The van der Waals surface area contributed by atoms with Gasteiger partial charge < -0.3 is 8.98 Å². The first-order valence-corrected chi connectivity index (χ1v) is 19.9. The molecule has 12 aromatic rings. The molecule has 58 heavy (non-hydrogen) atoms. The van der Waals surface area contributed by atoms with Gasteiger partial charge in [-0.1, -0.05) is 170 Å². The Bertz CT molecular complexity index is 3490. The molecule has 0 atom stereocenters. The van der Waals surface area contributed by atoms with E-state index in [-0.39, 0.29) is 0 Å². The second kappa shape index (κ2) is 12.9. The van der Waals surface area contributed by atoms with Gasteiger partial charge in [0.05, 0.1) is 11.0 Å².